The lowest BCUT2D eigenvalue weighted by molar-refractivity contribution is -0.0271. The molecule has 0 amide bonds. The molecule has 0 radical (unpaired) electrons. The van der Waals surface area contributed by atoms with Gasteiger partial charge in [-0.15, -0.1) is 0 Å². The molecule has 7 heteroatoms. The molecule has 0 aliphatic heterocycles. The van der Waals surface area contributed by atoms with Gasteiger partial charge in [-0.1, -0.05) is 0 Å². The number of hydrogen-bond acceptors (Lipinski definition) is 6. The van der Waals surface area contributed by atoms with Crippen LogP contribution in [0.1, 0.15) is 25.7 Å². The summed E-state index contributed by atoms with van der Waals surface area (Å²) in [4.78, 5) is 0. The Bertz CT molecular complexity index is 165. The van der Waals surface area contributed by atoms with Crippen molar-refractivity contribution >= 4 is 9.05 Å². The van der Waals surface area contributed by atoms with Crippen LogP contribution in [0.25, 0.3) is 0 Å². The first-order valence-electron chi connectivity index (χ1n) is 5.91. The Hall–Kier alpha value is -0.0231. The zero-order valence-corrected chi connectivity index (χ0v) is 12.1. The Kier molecular flexibility index (Phi) is 9.94. The first kappa shape index (κ1) is 17.0. The molecule has 0 heterocycles. The summed E-state index contributed by atoms with van der Waals surface area (Å²) in [6, 6.07) is 0. The van der Waals surface area contributed by atoms with Crippen molar-refractivity contribution in [3.05, 3.63) is 0 Å². The predicted octanol–water partition coefficient (Wildman–Crippen LogP) is 0.224. The van der Waals surface area contributed by atoms with Gasteiger partial charge >= 0.3 is 9.05 Å². The van der Waals surface area contributed by atoms with Crippen LogP contribution in [-0.4, -0.2) is 49.6 Å². The van der Waals surface area contributed by atoms with E-state index >= 15 is 0 Å². The second-order valence-electron chi connectivity index (χ2n) is 3.71. The molecule has 104 valence electrons. The highest BCUT2D eigenvalue weighted by Crippen LogP contribution is 2.17. The van der Waals surface area contributed by atoms with Gasteiger partial charge in [-0.05, 0) is 38.8 Å². The van der Waals surface area contributed by atoms with E-state index < -0.39 is 9.05 Å². The van der Waals surface area contributed by atoms with Crippen LogP contribution in [0.2, 0.25) is 0 Å². The third kappa shape index (κ3) is 6.46. The maximum absolute atomic E-state index is 5.85. The molecule has 0 unspecified atom stereocenters. The highest BCUT2D eigenvalue weighted by molar-refractivity contribution is 6.53. The smallest absolute Gasteiger partial charge is 0.355 e. The lowest BCUT2D eigenvalue weighted by Crippen LogP contribution is -2.49. The quantitative estimate of drug-likeness (QED) is 0.520. The minimum absolute atomic E-state index is 0.0219. The SMILES string of the molecule is CO[Si](OC)(OC)OC(CCCN)CCCN. The van der Waals surface area contributed by atoms with Gasteiger partial charge in [-0.2, -0.15) is 0 Å². The molecular weight excluding hydrogens is 240 g/mol. The molecule has 0 aromatic carbocycles. The van der Waals surface area contributed by atoms with Gasteiger partial charge in [0.15, 0.2) is 0 Å². The topological polar surface area (TPSA) is 89.0 Å². The van der Waals surface area contributed by atoms with Crippen LogP contribution in [0.4, 0.5) is 0 Å². The molecule has 0 aromatic heterocycles. The van der Waals surface area contributed by atoms with Crippen molar-refractivity contribution in [1.82, 2.24) is 0 Å². The molecular formula is C10H26N2O4Si. The lowest BCUT2D eigenvalue weighted by atomic mass is 10.1. The average Bonchev–Trinajstić information content (AvgIpc) is 2.38. The summed E-state index contributed by atoms with van der Waals surface area (Å²) in [5, 5.41) is 0. The van der Waals surface area contributed by atoms with E-state index in [4.69, 9.17) is 29.2 Å². The van der Waals surface area contributed by atoms with Crippen molar-refractivity contribution in [1.29, 1.82) is 0 Å². The summed E-state index contributed by atoms with van der Waals surface area (Å²) >= 11 is 0. The van der Waals surface area contributed by atoms with Crippen molar-refractivity contribution in [2.24, 2.45) is 11.5 Å². The number of hydrogen-bond donors (Lipinski definition) is 2. The Morgan fingerprint density at radius 2 is 1.29 bits per heavy atom. The summed E-state index contributed by atoms with van der Waals surface area (Å²) in [6.45, 7) is 1.29. The second-order valence-corrected chi connectivity index (χ2v) is 6.17. The Morgan fingerprint density at radius 3 is 1.59 bits per heavy atom. The summed E-state index contributed by atoms with van der Waals surface area (Å²) in [5.41, 5.74) is 11.0. The first-order chi connectivity index (χ1) is 8.17. The van der Waals surface area contributed by atoms with E-state index in [1.165, 1.54) is 21.3 Å². The van der Waals surface area contributed by atoms with Crippen molar-refractivity contribution in [2.75, 3.05) is 34.4 Å². The van der Waals surface area contributed by atoms with E-state index in [0.29, 0.717) is 13.1 Å². The Morgan fingerprint density at radius 1 is 0.882 bits per heavy atom. The van der Waals surface area contributed by atoms with Gasteiger partial charge in [0.05, 0.1) is 6.10 Å². The fourth-order valence-electron chi connectivity index (χ4n) is 1.55. The molecule has 0 atom stereocenters. The first-order valence-corrected chi connectivity index (χ1v) is 7.54. The predicted molar refractivity (Wildman–Crippen MR) is 68.2 cm³/mol. The van der Waals surface area contributed by atoms with Crippen molar-refractivity contribution < 1.29 is 17.7 Å². The van der Waals surface area contributed by atoms with Crippen LogP contribution < -0.4 is 11.5 Å². The highest BCUT2D eigenvalue weighted by Gasteiger charge is 2.44. The molecule has 6 nitrogen and oxygen atoms in total. The van der Waals surface area contributed by atoms with E-state index in [2.05, 4.69) is 0 Å². The van der Waals surface area contributed by atoms with Crippen LogP contribution in [0.3, 0.4) is 0 Å². The van der Waals surface area contributed by atoms with Crippen LogP contribution >= 0.6 is 0 Å². The number of nitrogens with two attached hydrogens (primary N) is 2. The molecule has 0 aromatic rings. The molecule has 0 bridgehead atoms. The van der Waals surface area contributed by atoms with Gasteiger partial charge in [-0.3, -0.25) is 0 Å². The van der Waals surface area contributed by atoms with Crippen LogP contribution in [0, 0.1) is 0 Å². The zero-order valence-electron chi connectivity index (χ0n) is 11.1. The molecule has 0 saturated heterocycles. The van der Waals surface area contributed by atoms with E-state index in [0.717, 1.165) is 25.7 Å². The average molecular weight is 266 g/mol. The summed E-state index contributed by atoms with van der Waals surface area (Å²) in [6.07, 6.45) is 3.55. The van der Waals surface area contributed by atoms with Crippen molar-refractivity contribution in [3.63, 3.8) is 0 Å². The van der Waals surface area contributed by atoms with Gasteiger partial charge in [0.25, 0.3) is 0 Å². The minimum atomic E-state index is -2.96. The lowest BCUT2D eigenvalue weighted by Gasteiger charge is -2.28. The summed E-state index contributed by atoms with van der Waals surface area (Å²) < 4.78 is 21.6. The van der Waals surface area contributed by atoms with Gasteiger partial charge in [0, 0.05) is 21.3 Å². The summed E-state index contributed by atoms with van der Waals surface area (Å²) in [5.74, 6) is 0. The van der Waals surface area contributed by atoms with E-state index in [1.54, 1.807) is 0 Å². The Balaban J connectivity index is 4.34. The van der Waals surface area contributed by atoms with Crippen LogP contribution in [0.15, 0.2) is 0 Å². The van der Waals surface area contributed by atoms with E-state index in [-0.39, 0.29) is 6.10 Å². The summed E-state index contributed by atoms with van der Waals surface area (Å²) in [7, 11) is 1.63. The fourth-order valence-corrected chi connectivity index (χ4v) is 2.98. The van der Waals surface area contributed by atoms with Crippen LogP contribution in [0.5, 0.6) is 0 Å². The normalized spacial score (nSPS) is 12.4. The third-order valence-corrected chi connectivity index (χ3v) is 4.64. The number of rotatable bonds is 11. The van der Waals surface area contributed by atoms with Gasteiger partial charge in [0.2, 0.25) is 0 Å². The molecule has 0 rings (SSSR count). The molecule has 4 N–H and O–H groups in total. The Labute approximate surface area is 105 Å². The second kappa shape index (κ2) is 9.95. The molecule has 17 heavy (non-hydrogen) atoms. The minimum Gasteiger partial charge on any atom is -0.355 e. The highest BCUT2D eigenvalue weighted by atomic mass is 28.4. The molecule has 0 aliphatic rings. The molecule has 0 saturated carbocycles. The fraction of sp³-hybridized carbons (Fsp3) is 1.00. The van der Waals surface area contributed by atoms with Crippen molar-refractivity contribution in [2.45, 2.75) is 31.8 Å². The van der Waals surface area contributed by atoms with Crippen LogP contribution in [-0.2, 0) is 17.7 Å². The van der Waals surface area contributed by atoms with Gasteiger partial charge < -0.3 is 29.2 Å². The van der Waals surface area contributed by atoms with E-state index in [9.17, 15) is 0 Å². The monoisotopic (exact) mass is 266 g/mol. The molecule has 0 fully saturated rings. The van der Waals surface area contributed by atoms with Gasteiger partial charge in [0.1, 0.15) is 0 Å². The van der Waals surface area contributed by atoms with E-state index in [1.807, 2.05) is 0 Å². The third-order valence-electron chi connectivity index (χ3n) is 2.52. The molecule has 0 spiro atoms. The standard InChI is InChI=1S/C10H26N2O4Si/c1-13-17(14-2,15-3)16-10(6-4-8-11)7-5-9-12/h10H,4-9,11-12H2,1-3H3. The van der Waals surface area contributed by atoms with Gasteiger partial charge in [-0.25, -0.2) is 0 Å². The molecule has 0 aliphatic carbocycles. The maximum atomic E-state index is 5.85. The zero-order chi connectivity index (χ0) is 13.1. The maximum Gasteiger partial charge on any atom is 0.679 e. The largest absolute Gasteiger partial charge is 0.679 e. The van der Waals surface area contributed by atoms with Crippen molar-refractivity contribution in [3.8, 4) is 0 Å².